The summed E-state index contributed by atoms with van der Waals surface area (Å²) in [5, 5.41) is 0. The lowest BCUT2D eigenvalue weighted by molar-refractivity contribution is -0.155. The van der Waals surface area contributed by atoms with E-state index in [1.54, 1.807) is 0 Å². The third-order valence-corrected chi connectivity index (χ3v) is 14.7. The van der Waals surface area contributed by atoms with Gasteiger partial charge in [-0.05, 0) is 121 Å². The van der Waals surface area contributed by atoms with Crippen LogP contribution in [0.15, 0.2) is 0 Å². The van der Waals surface area contributed by atoms with E-state index in [1.165, 1.54) is 64.2 Å². The second-order valence-electron chi connectivity index (χ2n) is 15.8. The zero-order valence-corrected chi connectivity index (χ0v) is 22.4. The van der Waals surface area contributed by atoms with Crippen LogP contribution in [0.5, 0.6) is 0 Å². The smallest absolute Gasteiger partial charge is 0.145 e. The molecule has 6 saturated carbocycles. The van der Waals surface area contributed by atoms with E-state index in [0.29, 0.717) is 10.8 Å². The lowest BCUT2D eigenvalue weighted by atomic mass is 9.48. The van der Waals surface area contributed by atoms with E-state index in [4.69, 9.17) is 0 Å². The summed E-state index contributed by atoms with van der Waals surface area (Å²) in [6.07, 6.45) is 13.0. The highest BCUT2D eigenvalue weighted by Gasteiger charge is 2.77. The van der Waals surface area contributed by atoms with Crippen LogP contribution in [0.1, 0.15) is 120 Å². The van der Waals surface area contributed by atoms with E-state index in [2.05, 4.69) is 55.4 Å². The predicted molar refractivity (Wildman–Crippen MR) is 132 cm³/mol. The predicted octanol–water partition coefficient (Wildman–Crippen LogP) is 8.31. The summed E-state index contributed by atoms with van der Waals surface area (Å²) in [5.74, 6) is 5.57. The van der Waals surface area contributed by atoms with Gasteiger partial charge in [0.25, 0.3) is 0 Å². The maximum atomic E-state index is 15.2. The van der Waals surface area contributed by atoms with E-state index < -0.39 is 0 Å². The molecule has 4 bridgehead atoms. The van der Waals surface area contributed by atoms with E-state index in [-0.39, 0.29) is 21.7 Å². The SMILES string of the molecule is C[C@@H]1CC[C@]23C[C@H]1C(C)(C)[C@@H]2CC[C@@]3(C)C(=O)[C@]1(C)CC[C@H]2C(C)(C)[C@@H]3C[C@@]21CC[C@H]3C. The highest BCUT2D eigenvalue weighted by Crippen LogP contribution is 2.81. The minimum absolute atomic E-state index is 0.0898. The Morgan fingerprint density at radius 2 is 0.969 bits per heavy atom. The molecule has 0 saturated heterocycles. The molecule has 1 nitrogen and oxygen atoms in total. The second kappa shape index (κ2) is 6.07. The van der Waals surface area contributed by atoms with Gasteiger partial charge in [0.2, 0.25) is 0 Å². The van der Waals surface area contributed by atoms with Crippen LogP contribution in [0.2, 0.25) is 0 Å². The van der Waals surface area contributed by atoms with Gasteiger partial charge in [0.05, 0.1) is 0 Å². The fourth-order valence-corrected chi connectivity index (χ4v) is 13.1. The van der Waals surface area contributed by atoms with Gasteiger partial charge < -0.3 is 0 Å². The Kier molecular flexibility index (Phi) is 4.21. The highest BCUT2D eigenvalue weighted by atomic mass is 16.1. The van der Waals surface area contributed by atoms with Gasteiger partial charge in [-0.1, -0.05) is 55.4 Å². The van der Waals surface area contributed by atoms with Gasteiger partial charge in [-0.2, -0.15) is 0 Å². The molecular weight excluding hydrogens is 388 g/mol. The fourth-order valence-electron chi connectivity index (χ4n) is 13.1. The van der Waals surface area contributed by atoms with Gasteiger partial charge >= 0.3 is 0 Å². The van der Waals surface area contributed by atoms with Crippen LogP contribution < -0.4 is 0 Å². The van der Waals surface area contributed by atoms with Crippen molar-refractivity contribution in [1.82, 2.24) is 0 Å². The number of hydrogen-bond acceptors (Lipinski definition) is 1. The number of hydrogen-bond donors (Lipinski definition) is 0. The van der Waals surface area contributed by atoms with Crippen molar-refractivity contribution in [2.75, 3.05) is 0 Å². The monoisotopic (exact) mass is 438 g/mol. The third kappa shape index (κ3) is 2.10. The Labute approximate surface area is 198 Å². The normalized spacial score (nSPS) is 59.1. The van der Waals surface area contributed by atoms with Gasteiger partial charge in [0, 0.05) is 10.8 Å². The molecule has 6 rings (SSSR count). The first-order valence-corrected chi connectivity index (χ1v) is 14.3. The highest BCUT2D eigenvalue weighted by molar-refractivity contribution is 5.92. The van der Waals surface area contributed by atoms with Crippen molar-refractivity contribution < 1.29 is 4.79 Å². The Balaban J connectivity index is 1.42. The van der Waals surface area contributed by atoms with E-state index in [9.17, 15) is 0 Å². The van der Waals surface area contributed by atoms with Gasteiger partial charge in [0.15, 0.2) is 0 Å². The molecule has 0 N–H and O–H groups in total. The second-order valence-corrected chi connectivity index (χ2v) is 15.8. The average molecular weight is 439 g/mol. The third-order valence-electron chi connectivity index (χ3n) is 14.7. The van der Waals surface area contributed by atoms with Crippen molar-refractivity contribution in [3.63, 3.8) is 0 Å². The van der Waals surface area contributed by atoms with Crippen molar-refractivity contribution in [3.05, 3.63) is 0 Å². The number of carbonyl (C=O) groups is 1. The lowest BCUT2D eigenvalue weighted by Crippen LogP contribution is -2.55. The molecule has 1 heteroatoms. The first-order valence-electron chi connectivity index (χ1n) is 14.3. The Morgan fingerprint density at radius 1 is 0.594 bits per heavy atom. The van der Waals surface area contributed by atoms with E-state index in [1.807, 2.05) is 0 Å². The lowest BCUT2D eigenvalue weighted by Gasteiger charge is -2.54. The molecule has 2 spiro atoms. The minimum Gasteiger partial charge on any atom is -0.298 e. The van der Waals surface area contributed by atoms with Gasteiger partial charge in [-0.25, -0.2) is 0 Å². The van der Waals surface area contributed by atoms with Crippen molar-refractivity contribution in [1.29, 1.82) is 0 Å². The van der Waals surface area contributed by atoms with Crippen LogP contribution >= 0.6 is 0 Å². The first-order chi connectivity index (χ1) is 14.8. The summed E-state index contributed by atoms with van der Waals surface area (Å²) in [6, 6.07) is 0. The Bertz CT molecular complexity index is 785. The zero-order valence-electron chi connectivity index (χ0n) is 22.4. The molecule has 0 aliphatic heterocycles. The molecule has 0 amide bonds. The van der Waals surface area contributed by atoms with Crippen molar-refractivity contribution in [3.8, 4) is 0 Å². The molecule has 32 heavy (non-hydrogen) atoms. The minimum atomic E-state index is -0.0898. The standard InChI is InChI=1S/C31H50O/c1-19-9-15-30-17-21(19)26(3,4)23(30)11-13-28(30,7)25(32)29(8)14-12-24-27(5,6)22-18-31(24,29)16-10-20(22)2/h19-24H,9-18H2,1-8H3/t19-,20-,21-,22-,23+,24+,28+,29+,30+,31+/m1/s1. The number of Topliss-reactive ketones (excluding diaryl/α,β-unsaturated/α-hetero) is 1. The molecular formula is C31H50O. The summed E-state index contributed by atoms with van der Waals surface area (Å²) in [5.41, 5.74) is 1.22. The molecule has 0 heterocycles. The first kappa shape index (κ1) is 22.2. The van der Waals surface area contributed by atoms with Crippen molar-refractivity contribution in [2.24, 2.45) is 68.0 Å². The van der Waals surface area contributed by atoms with Gasteiger partial charge in [-0.15, -0.1) is 0 Å². The van der Waals surface area contributed by atoms with Crippen molar-refractivity contribution in [2.45, 2.75) is 120 Å². The topological polar surface area (TPSA) is 17.1 Å². The molecule has 0 aromatic carbocycles. The molecule has 6 aliphatic rings. The van der Waals surface area contributed by atoms with Crippen LogP contribution in [0.3, 0.4) is 0 Å². The largest absolute Gasteiger partial charge is 0.298 e. The fraction of sp³-hybridized carbons (Fsp3) is 0.968. The van der Waals surface area contributed by atoms with Crippen LogP contribution in [0, 0.1) is 68.0 Å². The molecule has 0 aromatic heterocycles. The summed E-state index contributed by atoms with van der Waals surface area (Å²) in [4.78, 5) is 15.2. The van der Waals surface area contributed by atoms with Gasteiger partial charge in [-0.3, -0.25) is 4.79 Å². The quantitative estimate of drug-likeness (QED) is 0.423. The van der Waals surface area contributed by atoms with Crippen LogP contribution in [-0.4, -0.2) is 5.78 Å². The molecule has 6 aliphatic carbocycles. The maximum absolute atomic E-state index is 15.2. The van der Waals surface area contributed by atoms with Crippen LogP contribution in [-0.2, 0) is 4.79 Å². The van der Waals surface area contributed by atoms with Crippen LogP contribution in [0.25, 0.3) is 0 Å². The number of rotatable bonds is 2. The maximum Gasteiger partial charge on any atom is 0.145 e. The summed E-state index contributed by atoms with van der Waals surface area (Å²) in [6.45, 7) is 20.3. The summed E-state index contributed by atoms with van der Waals surface area (Å²) in [7, 11) is 0. The number of carbonyl (C=O) groups excluding carboxylic acids is 1. The van der Waals surface area contributed by atoms with Gasteiger partial charge in [0.1, 0.15) is 5.78 Å². The molecule has 10 atom stereocenters. The molecule has 180 valence electrons. The Morgan fingerprint density at radius 3 is 1.34 bits per heavy atom. The summed E-state index contributed by atoms with van der Waals surface area (Å²) >= 11 is 0. The number of fused-ring (bicyclic) bond motifs is 2. The molecule has 6 fully saturated rings. The zero-order chi connectivity index (χ0) is 23.1. The molecule has 0 aromatic rings. The van der Waals surface area contributed by atoms with Crippen LogP contribution in [0.4, 0.5) is 0 Å². The average Bonchev–Trinajstić information content (AvgIpc) is 3.31. The summed E-state index contributed by atoms with van der Waals surface area (Å²) < 4.78 is 0. The van der Waals surface area contributed by atoms with E-state index >= 15 is 4.79 Å². The van der Waals surface area contributed by atoms with Crippen molar-refractivity contribution >= 4 is 5.78 Å². The molecule has 0 radical (unpaired) electrons. The molecule has 0 unspecified atom stereocenters. The Hall–Kier alpha value is -0.330. The van der Waals surface area contributed by atoms with E-state index in [0.717, 1.165) is 41.3 Å². The number of ketones is 1.